The van der Waals surface area contributed by atoms with E-state index in [1.807, 2.05) is 0 Å². The van der Waals surface area contributed by atoms with E-state index in [-0.39, 0.29) is 10.8 Å². The number of rotatable bonds is 4. The zero-order chi connectivity index (χ0) is 13.0. The van der Waals surface area contributed by atoms with Crippen LogP contribution in [0.5, 0.6) is 0 Å². The van der Waals surface area contributed by atoms with Gasteiger partial charge in [0.1, 0.15) is 5.15 Å². The van der Waals surface area contributed by atoms with E-state index in [2.05, 4.69) is 31.0 Å². The Kier molecular flexibility index (Phi) is 5.17. The molecular weight excluding hydrogens is 311 g/mol. The van der Waals surface area contributed by atoms with Gasteiger partial charge in [-0.2, -0.15) is 0 Å². The molecule has 0 fully saturated rings. The number of hydrogen-bond donors (Lipinski definition) is 2. The zero-order valence-corrected chi connectivity index (χ0v) is 11.7. The minimum Gasteiger partial charge on any atom is -0.464 e. The van der Waals surface area contributed by atoms with Gasteiger partial charge in [-0.15, -0.1) is 0 Å². The minimum atomic E-state index is -0.584. The van der Waals surface area contributed by atoms with E-state index in [1.165, 1.54) is 7.11 Å². The number of esters is 1. The molecule has 1 aromatic heterocycles. The number of methoxy groups -OCH3 is 1. The van der Waals surface area contributed by atoms with Gasteiger partial charge in [0.15, 0.2) is 5.69 Å². The Morgan fingerprint density at radius 3 is 2.94 bits per heavy atom. The maximum Gasteiger partial charge on any atom is 0.357 e. The second-order valence-corrected chi connectivity index (χ2v) is 4.56. The Morgan fingerprint density at radius 2 is 2.41 bits per heavy atom. The minimum absolute atomic E-state index is 0.0908. The highest BCUT2D eigenvalue weighted by molar-refractivity contribution is 9.10. The summed E-state index contributed by atoms with van der Waals surface area (Å²) in [7, 11) is 1.26. The van der Waals surface area contributed by atoms with Crippen LogP contribution >= 0.6 is 27.5 Å². The van der Waals surface area contributed by atoms with Gasteiger partial charge in [-0.05, 0) is 28.9 Å². The SMILES string of the molecule is COC(=O)c1nc(Cl)cc(NCC(C)O)c1Br. The molecular formula is C10H12BrClN2O3. The van der Waals surface area contributed by atoms with Crippen LogP contribution in [0.1, 0.15) is 17.4 Å². The van der Waals surface area contributed by atoms with E-state index < -0.39 is 12.1 Å². The Morgan fingerprint density at radius 1 is 1.76 bits per heavy atom. The average molecular weight is 324 g/mol. The van der Waals surface area contributed by atoms with Crippen molar-refractivity contribution in [3.8, 4) is 0 Å². The van der Waals surface area contributed by atoms with Gasteiger partial charge < -0.3 is 15.2 Å². The second kappa shape index (κ2) is 6.18. The molecule has 0 aromatic carbocycles. The largest absolute Gasteiger partial charge is 0.464 e. The standard InChI is InChI=1S/C10H12BrClN2O3/c1-5(15)4-13-6-3-7(12)14-9(8(6)11)10(16)17-2/h3,5,15H,4H2,1-2H3,(H,13,14). The van der Waals surface area contributed by atoms with Crippen molar-refractivity contribution in [2.24, 2.45) is 0 Å². The van der Waals surface area contributed by atoms with Crippen LogP contribution in [0.15, 0.2) is 10.5 Å². The number of nitrogens with zero attached hydrogens (tertiary/aromatic N) is 1. The highest BCUT2D eigenvalue weighted by Gasteiger charge is 2.17. The fraction of sp³-hybridized carbons (Fsp3) is 0.400. The molecule has 0 amide bonds. The number of pyridine rings is 1. The molecule has 0 saturated heterocycles. The number of carbonyl (C=O) groups is 1. The van der Waals surface area contributed by atoms with Crippen molar-refractivity contribution in [3.05, 3.63) is 21.4 Å². The first-order chi connectivity index (χ1) is 7.95. The van der Waals surface area contributed by atoms with Crippen LogP contribution in [0.25, 0.3) is 0 Å². The van der Waals surface area contributed by atoms with Crippen LogP contribution in [0.2, 0.25) is 5.15 Å². The summed E-state index contributed by atoms with van der Waals surface area (Å²) < 4.78 is 5.04. The van der Waals surface area contributed by atoms with Crippen LogP contribution in [0.4, 0.5) is 5.69 Å². The summed E-state index contributed by atoms with van der Waals surface area (Å²) in [5, 5.41) is 12.3. The quantitative estimate of drug-likeness (QED) is 0.656. The first-order valence-corrected chi connectivity index (χ1v) is 5.99. The fourth-order valence-electron chi connectivity index (χ4n) is 1.12. The predicted octanol–water partition coefficient (Wildman–Crippen LogP) is 2.08. The molecule has 5 nitrogen and oxygen atoms in total. The number of nitrogens with one attached hydrogen (secondary N) is 1. The van der Waals surface area contributed by atoms with Crippen molar-refractivity contribution in [2.45, 2.75) is 13.0 Å². The van der Waals surface area contributed by atoms with E-state index in [0.717, 1.165) is 0 Å². The molecule has 0 saturated carbocycles. The number of anilines is 1. The molecule has 7 heteroatoms. The van der Waals surface area contributed by atoms with E-state index in [4.69, 9.17) is 11.6 Å². The van der Waals surface area contributed by atoms with Gasteiger partial charge >= 0.3 is 5.97 Å². The lowest BCUT2D eigenvalue weighted by Crippen LogP contribution is -2.16. The molecule has 1 atom stereocenters. The molecule has 1 aromatic rings. The van der Waals surface area contributed by atoms with Crippen LogP contribution in [-0.2, 0) is 4.74 Å². The third-order valence-electron chi connectivity index (χ3n) is 1.89. The summed E-state index contributed by atoms with van der Waals surface area (Å²) >= 11 is 9.04. The molecule has 17 heavy (non-hydrogen) atoms. The lowest BCUT2D eigenvalue weighted by molar-refractivity contribution is 0.0593. The Hall–Kier alpha value is -0.850. The number of aliphatic hydroxyl groups is 1. The number of halogens is 2. The summed E-state index contributed by atoms with van der Waals surface area (Å²) in [4.78, 5) is 15.3. The van der Waals surface area contributed by atoms with Gasteiger partial charge in [-0.1, -0.05) is 11.6 Å². The number of aliphatic hydroxyl groups excluding tert-OH is 1. The molecule has 1 heterocycles. The summed E-state index contributed by atoms with van der Waals surface area (Å²) in [5.41, 5.74) is 0.666. The van der Waals surface area contributed by atoms with E-state index in [0.29, 0.717) is 16.7 Å². The summed E-state index contributed by atoms with van der Waals surface area (Å²) in [6, 6.07) is 1.56. The third kappa shape index (κ3) is 3.83. The summed E-state index contributed by atoms with van der Waals surface area (Å²) in [6.07, 6.45) is -0.518. The van der Waals surface area contributed by atoms with Gasteiger partial charge in [-0.3, -0.25) is 0 Å². The summed E-state index contributed by atoms with van der Waals surface area (Å²) in [6.45, 7) is 1.98. The molecule has 0 spiro atoms. The molecule has 0 radical (unpaired) electrons. The zero-order valence-electron chi connectivity index (χ0n) is 9.33. The number of ether oxygens (including phenoxy) is 1. The molecule has 2 N–H and O–H groups in total. The lowest BCUT2D eigenvalue weighted by Gasteiger charge is -2.12. The first kappa shape index (κ1) is 14.2. The third-order valence-corrected chi connectivity index (χ3v) is 2.89. The van der Waals surface area contributed by atoms with Gasteiger partial charge in [0, 0.05) is 6.54 Å². The highest BCUT2D eigenvalue weighted by Crippen LogP contribution is 2.28. The number of aromatic nitrogens is 1. The van der Waals surface area contributed by atoms with Crippen LogP contribution < -0.4 is 5.32 Å². The van der Waals surface area contributed by atoms with Gasteiger partial charge in [0.2, 0.25) is 0 Å². The Balaban J connectivity index is 3.05. The second-order valence-electron chi connectivity index (χ2n) is 3.38. The number of hydrogen-bond acceptors (Lipinski definition) is 5. The van der Waals surface area contributed by atoms with Crippen molar-refractivity contribution in [1.29, 1.82) is 0 Å². The molecule has 1 rings (SSSR count). The molecule has 0 aliphatic heterocycles. The maximum absolute atomic E-state index is 11.4. The molecule has 1 unspecified atom stereocenters. The maximum atomic E-state index is 11.4. The normalized spacial score (nSPS) is 12.1. The molecule has 94 valence electrons. The van der Waals surface area contributed by atoms with E-state index in [1.54, 1.807) is 13.0 Å². The molecule has 0 bridgehead atoms. The van der Waals surface area contributed by atoms with Gasteiger partial charge in [0.25, 0.3) is 0 Å². The first-order valence-electron chi connectivity index (χ1n) is 4.82. The van der Waals surface area contributed by atoms with Crippen molar-refractivity contribution in [3.63, 3.8) is 0 Å². The molecule has 0 aliphatic carbocycles. The van der Waals surface area contributed by atoms with Crippen molar-refractivity contribution < 1.29 is 14.6 Å². The van der Waals surface area contributed by atoms with Crippen LogP contribution in [-0.4, -0.2) is 35.8 Å². The van der Waals surface area contributed by atoms with E-state index >= 15 is 0 Å². The van der Waals surface area contributed by atoms with Gasteiger partial charge in [-0.25, -0.2) is 9.78 Å². The Bertz CT molecular complexity index is 426. The van der Waals surface area contributed by atoms with Crippen molar-refractivity contribution in [1.82, 2.24) is 4.98 Å². The van der Waals surface area contributed by atoms with Crippen molar-refractivity contribution >= 4 is 39.2 Å². The van der Waals surface area contributed by atoms with Crippen molar-refractivity contribution in [2.75, 3.05) is 19.0 Å². The monoisotopic (exact) mass is 322 g/mol. The smallest absolute Gasteiger partial charge is 0.357 e. The van der Waals surface area contributed by atoms with Crippen LogP contribution in [0, 0.1) is 0 Å². The topological polar surface area (TPSA) is 71.5 Å². The average Bonchev–Trinajstić information content (AvgIpc) is 2.28. The number of carbonyl (C=O) groups excluding carboxylic acids is 1. The lowest BCUT2D eigenvalue weighted by atomic mass is 10.3. The fourth-order valence-corrected chi connectivity index (χ4v) is 1.82. The Labute approximate surface area is 112 Å². The van der Waals surface area contributed by atoms with Gasteiger partial charge in [0.05, 0.1) is 23.4 Å². The van der Waals surface area contributed by atoms with E-state index in [9.17, 15) is 9.90 Å². The molecule has 0 aliphatic rings. The highest BCUT2D eigenvalue weighted by atomic mass is 79.9. The predicted molar refractivity (Wildman–Crippen MR) is 68.5 cm³/mol. The van der Waals surface area contributed by atoms with Crippen LogP contribution in [0.3, 0.4) is 0 Å². The summed E-state index contributed by atoms with van der Waals surface area (Å²) in [5.74, 6) is -0.584.